The van der Waals surface area contributed by atoms with Gasteiger partial charge in [-0.05, 0) is 34.1 Å². The fourth-order valence-electron chi connectivity index (χ4n) is 1.34. The molecule has 19 heavy (non-hydrogen) atoms. The van der Waals surface area contributed by atoms with Crippen molar-refractivity contribution in [3.63, 3.8) is 0 Å². The van der Waals surface area contributed by atoms with E-state index in [1.807, 2.05) is 0 Å². The Morgan fingerprint density at radius 3 is 2.63 bits per heavy atom. The summed E-state index contributed by atoms with van der Waals surface area (Å²) in [6.07, 6.45) is 0. The molecule has 0 bridgehead atoms. The number of nitrogens with two attached hydrogens (primary N) is 1. The van der Waals surface area contributed by atoms with Crippen molar-refractivity contribution < 1.29 is 4.39 Å². The highest BCUT2D eigenvalue weighted by molar-refractivity contribution is 9.10. The van der Waals surface area contributed by atoms with Gasteiger partial charge in [-0.3, -0.25) is 0 Å². The molecule has 0 aliphatic rings. The van der Waals surface area contributed by atoms with Gasteiger partial charge < -0.3 is 16.0 Å². The van der Waals surface area contributed by atoms with Crippen LogP contribution in [0.5, 0.6) is 0 Å². The van der Waals surface area contributed by atoms with Crippen LogP contribution in [0.2, 0.25) is 0 Å². The molecule has 0 atom stereocenters. The van der Waals surface area contributed by atoms with E-state index in [0.717, 1.165) is 0 Å². The third-order valence-corrected chi connectivity index (χ3v) is 2.82. The lowest BCUT2D eigenvalue weighted by molar-refractivity contribution is 0.621. The molecule has 0 amide bonds. The SMILES string of the molecule is CN(C)c1nc(N)nc(Nc2ccc(F)c(Br)c2)n1. The second-order valence-corrected chi connectivity index (χ2v) is 4.82. The second-order valence-electron chi connectivity index (χ2n) is 3.97. The van der Waals surface area contributed by atoms with Gasteiger partial charge in [-0.15, -0.1) is 0 Å². The van der Waals surface area contributed by atoms with Crippen LogP contribution in [0.15, 0.2) is 22.7 Å². The first-order valence-corrected chi connectivity index (χ1v) is 6.16. The smallest absolute Gasteiger partial charge is 0.233 e. The van der Waals surface area contributed by atoms with Crippen LogP contribution >= 0.6 is 15.9 Å². The van der Waals surface area contributed by atoms with Crippen molar-refractivity contribution in [1.82, 2.24) is 15.0 Å². The quantitative estimate of drug-likeness (QED) is 0.899. The first-order chi connectivity index (χ1) is 8.95. The molecule has 0 unspecified atom stereocenters. The third kappa shape index (κ3) is 3.28. The summed E-state index contributed by atoms with van der Waals surface area (Å²) in [6, 6.07) is 4.50. The van der Waals surface area contributed by atoms with Crippen LogP contribution in [0, 0.1) is 5.82 Å². The van der Waals surface area contributed by atoms with Crippen molar-refractivity contribution in [3.8, 4) is 0 Å². The molecular weight excluding hydrogens is 315 g/mol. The normalized spacial score (nSPS) is 10.3. The van der Waals surface area contributed by atoms with Crippen LogP contribution in [0.4, 0.5) is 27.9 Å². The summed E-state index contributed by atoms with van der Waals surface area (Å²) in [5.74, 6) is 0.517. The molecule has 1 heterocycles. The Labute approximate surface area is 118 Å². The zero-order valence-electron chi connectivity index (χ0n) is 10.4. The number of rotatable bonds is 3. The minimum absolute atomic E-state index is 0.113. The lowest BCUT2D eigenvalue weighted by Crippen LogP contribution is -2.15. The largest absolute Gasteiger partial charge is 0.368 e. The molecule has 0 saturated carbocycles. The summed E-state index contributed by atoms with van der Waals surface area (Å²) < 4.78 is 13.5. The molecule has 1 aromatic heterocycles. The maximum atomic E-state index is 13.1. The average Bonchev–Trinajstić information content (AvgIpc) is 2.33. The zero-order valence-corrected chi connectivity index (χ0v) is 11.9. The van der Waals surface area contributed by atoms with Crippen LogP contribution in [0.25, 0.3) is 0 Å². The number of aromatic nitrogens is 3. The molecule has 1 aromatic carbocycles. The molecule has 100 valence electrons. The molecule has 3 N–H and O–H groups in total. The predicted molar refractivity (Wildman–Crippen MR) is 75.9 cm³/mol. The van der Waals surface area contributed by atoms with Gasteiger partial charge in [0.25, 0.3) is 0 Å². The van der Waals surface area contributed by atoms with Gasteiger partial charge in [0.05, 0.1) is 4.47 Å². The Morgan fingerprint density at radius 1 is 1.26 bits per heavy atom. The van der Waals surface area contributed by atoms with E-state index >= 15 is 0 Å². The van der Waals surface area contributed by atoms with Crippen LogP contribution < -0.4 is 16.0 Å². The zero-order chi connectivity index (χ0) is 14.0. The molecule has 6 nitrogen and oxygen atoms in total. The van der Waals surface area contributed by atoms with Crippen molar-refractivity contribution >= 4 is 39.5 Å². The number of nitrogen functional groups attached to an aromatic ring is 1. The monoisotopic (exact) mass is 326 g/mol. The Bertz CT molecular complexity index is 604. The van der Waals surface area contributed by atoms with Gasteiger partial charge in [0.1, 0.15) is 5.82 Å². The molecule has 0 spiro atoms. The highest BCUT2D eigenvalue weighted by atomic mass is 79.9. The molecule has 0 aliphatic heterocycles. The van der Waals surface area contributed by atoms with Gasteiger partial charge in [0.15, 0.2) is 0 Å². The maximum Gasteiger partial charge on any atom is 0.233 e. The standard InChI is InChI=1S/C11H12BrFN6/c1-19(2)11-17-9(14)16-10(18-11)15-6-3-4-8(13)7(12)5-6/h3-5H,1-2H3,(H3,14,15,16,17,18). The minimum atomic E-state index is -0.338. The van der Waals surface area contributed by atoms with Crippen molar-refractivity contribution in [2.45, 2.75) is 0 Å². The fourth-order valence-corrected chi connectivity index (χ4v) is 1.72. The van der Waals surface area contributed by atoms with E-state index in [-0.39, 0.29) is 11.8 Å². The number of benzene rings is 1. The highest BCUT2D eigenvalue weighted by Gasteiger charge is 2.07. The number of anilines is 4. The summed E-state index contributed by atoms with van der Waals surface area (Å²) >= 11 is 3.11. The average molecular weight is 327 g/mol. The summed E-state index contributed by atoms with van der Waals surface area (Å²) in [5, 5.41) is 2.94. The highest BCUT2D eigenvalue weighted by Crippen LogP contribution is 2.22. The minimum Gasteiger partial charge on any atom is -0.368 e. The van der Waals surface area contributed by atoms with Crippen LogP contribution in [-0.4, -0.2) is 29.0 Å². The van der Waals surface area contributed by atoms with E-state index < -0.39 is 0 Å². The maximum absolute atomic E-state index is 13.1. The lowest BCUT2D eigenvalue weighted by atomic mass is 10.3. The van der Waals surface area contributed by atoms with E-state index in [0.29, 0.717) is 22.1 Å². The molecule has 0 radical (unpaired) electrons. The van der Waals surface area contributed by atoms with Crippen molar-refractivity contribution in [2.24, 2.45) is 0 Å². The molecule has 2 aromatic rings. The Balaban J connectivity index is 2.29. The number of hydrogen-bond donors (Lipinski definition) is 2. The lowest BCUT2D eigenvalue weighted by Gasteiger charge is -2.12. The molecule has 0 fully saturated rings. The summed E-state index contributed by atoms with van der Waals surface area (Å²) in [5.41, 5.74) is 6.25. The molecule has 8 heteroatoms. The van der Waals surface area contributed by atoms with E-state index in [1.54, 1.807) is 31.1 Å². The Kier molecular flexibility index (Phi) is 3.79. The van der Waals surface area contributed by atoms with Gasteiger partial charge in [0.2, 0.25) is 17.8 Å². The van der Waals surface area contributed by atoms with Gasteiger partial charge in [-0.2, -0.15) is 15.0 Å². The van der Waals surface area contributed by atoms with Gasteiger partial charge in [-0.1, -0.05) is 0 Å². The summed E-state index contributed by atoms with van der Waals surface area (Å²) in [6.45, 7) is 0. The number of halogens is 2. The van der Waals surface area contributed by atoms with Crippen molar-refractivity contribution in [2.75, 3.05) is 30.0 Å². The topological polar surface area (TPSA) is 80.0 Å². The molecule has 2 rings (SSSR count). The fraction of sp³-hybridized carbons (Fsp3) is 0.182. The number of hydrogen-bond acceptors (Lipinski definition) is 6. The second kappa shape index (κ2) is 5.35. The van der Waals surface area contributed by atoms with Gasteiger partial charge in [-0.25, -0.2) is 4.39 Å². The molecular formula is C11H12BrFN6. The van der Waals surface area contributed by atoms with E-state index in [2.05, 4.69) is 36.2 Å². The van der Waals surface area contributed by atoms with E-state index in [1.165, 1.54) is 6.07 Å². The third-order valence-electron chi connectivity index (χ3n) is 2.22. The van der Waals surface area contributed by atoms with Crippen LogP contribution in [0.1, 0.15) is 0 Å². The summed E-state index contributed by atoms with van der Waals surface area (Å²) in [7, 11) is 3.60. The number of nitrogens with one attached hydrogen (secondary N) is 1. The first kappa shape index (κ1) is 13.5. The van der Waals surface area contributed by atoms with Gasteiger partial charge >= 0.3 is 0 Å². The predicted octanol–water partition coefficient (Wildman–Crippen LogP) is 2.17. The van der Waals surface area contributed by atoms with Crippen molar-refractivity contribution in [3.05, 3.63) is 28.5 Å². The van der Waals surface area contributed by atoms with Gasteiger partial charge in [0, 0.05) is 19.8 Å². The van der Waals surface area contributed by atoms with Crippen LogP contribution in [-0.2, 0) is 0 Å². The van der Waals surface area contributed by atoms with Crippen molar-refractivity contribution in [1.29, 1.82) is 0 Å². The van der Waals surface area contributed by atoms with E-state index in [9.17, 15) is 4.39 Å². The van der Waals surface area contributed by atoms with E-state index in [4.69, 9.17) is 5.73 Å². The molecule has 0 saturated heterocycles. The van der Waals surface area contributed by atoms with Crippen LogP contribution in [0.3, 0.4) is 0 Å². The first-order valence-electron chi connectivity index (χ1n) is 5.36. The molecule has 0 aliphatic carbocycles. The Morgan fingerprint density at radius 2 is 2.00 bits per heavy atom. The number of nitrogens with zero attached hydrogens (tertiary/aromatic N) is 4. The summed E-state index contributed by atoms with van der Waals surface area (Å²) in [4.78, 5) is 13.8. The Hall–Kier alpha value is -1.96.